The van der Waals surface area contributed by atoms with Gasteiger partial charge in [0.1, 0.15) is 5.82 Å². The van der Waals surface area contributed by atoms with Gasteiger partial charge in [0.2, 0.25) is 0 Å². The Bertz CT molecular complexity index is 747. The van der Waals surface area contributed by atoms with Crippen LogP contribution in [0.3, 0.4) is 0 Å². The topological polar surface area (TPSA) is 51.0 Å². The molecule has 0 radical (unpaired) electrons. The second-order valence-electron chi connectivity index (χ2n) is 5.88. The van der Waals surface area contributed by atoms with Crippen molar-refractivity contribution < 1.29 is 18.0 Å². The lowest BCUT2D eigenvalue weighted by Gasteiger charge is -2.34. The number of benzene rings is 1. The maximum atomic E-state index is 13.2. The maximum Gasteiger partial charge on any atom is 0.276 e. The second kappa shape index (κ2) is 6.62. The zero-order valence-corrected chi connectivity index (χ0v) is 13.1. The van der Waals surface area contributed by atoms with Crippen molar-refractivity contribution in [2.75, 3.05) is 6.54 Å². The van der Waals surface area contributed by atoms with Gasteiger partial charge in [-0.1, -0.05) is 5.21 Å². The van der Waals surface area contributed by atoms with Crippen LogP contribution in [0.15, 0.2) is 24.4 Å². The molecule has 8 heteroatoms. The summed E-state index contributed by atoms with van der Waals surface area (Å²) in [4.78, 5) is 13.7. The fourth-order valence-corrected chi connectivity index (χ4v) is 2.97. The van der Waals surface area contributed by atoms with Crippen molar-refractivity contribution in [3.8, 4) is 5.69 Å². The average Bonchev–Trinajstić information content (AvgIpc) is 3.03. The quantitative estimate of drug-likeness (QED) is 0.864. The Balaban J connectivity index is 1.85. The molecule has 24 heavy (non-hydrogen) atoms. The summed E-state index contributed by atoms with van der Waals surface area (Å²) >= 11 is 0. The van der Waals surface area contributed by atoms with Crippen molar-refractivity contribution in [3.05, 3.63) is 41.5 Å². The second-order valence-corrected chi connectivity index (χ2v) is 5.88. The summed E-state index contributed by atoms with van der Waals surface area (Å²) in [7, 11) is 0. The van der Waals surface area contributed by atoms with E-state index in [9.17, 15) is 18.0 Å². The van der Waals surface area contributed by atoms with Gasteiger partial charge in [0.25, 0.3) is 12.3 Å². The fourth-order valence-electron chi connectivity index (χ4n) is 2.97. The van der Waals surface area contributed by atoms with Gasteiger partial charge in [-0.05, 0) is 49.9 Å². The molecule has 1 unspecified atom stereocenters. The first-order valence-electron chi connectivity index (χ1n) is 7.75. The first kappa shape index (κ1) is 16.5. The van der Waals surface area contributed by atoms with Crippen molar-refractivity contribution in [1.82, 2.24) is 19.9 Å². The van der Waals surface area contributed by atoms with Crippen molar-refractivity contribution >= 4 is 5.91 Å². The van der Waals surface area contributed by atoms with Crippen LogP contribution in [-0.2, 0) is 0 Å². The summed E-state index contributed by atoms with van der Waals surface area (Å²) in [6.45, 7) is 2.00. The molecule has 1 aliphatic heterocycles. The van der Waals surface area contributed by atoms with E-state index in [4.69, 9.17) is 0 Å². The summed E-state index contributed by atoms with van der Waals surface area (Å²) in [5.41, 5.74) is 1.21. The van der Waals surface area contributed by atoms with Crippen LogP contribution in [0.25, 0.3) is 5.69 Å². The molecule has 1 amide bonds. The summed E-state index contributed by atoms with van der Waals surface area (Å²) in [6, 6.07) is 3.07. The van der Waals surface area contributed by atoms with Gasteiger partial charge >= 0.3 is 0 Å². The molecule has 1 aromatic carbocycles. The molecule has 2 heterocycles. The van der Waals surface area contributed by atoms with E-state index in [1.54, 1.807) is 6.92 Å². The lowest BCUT2D eigenvalue weighted by molar-refractivity contribution is 0.00650. The van der Waals surface area contributed by atoms with Gasteiger partial charge in [-0.2, -0.15) is 0 Å². The Morgan fingerprint density at radius 1 is 1.33 bits per heavy atom. The third-order valence-corrected chi connectivity index (χ3v) is 4.22. The van der Waals surface area contributed by atoms with Crippen molar-refractivity contribution in [2.45, 2.75) is 38.7 Å². The highest BCUT2D eigenvalue weighted by Gasteiger charge is 2.34. The molecule has 0 N–H and O–H groups in total. The smallest absolute Gasteiger partial charge is 0.276 e. The van der Waals surface area contributed by atoms with Crippen LogP contribution in [0.2, 0.25) is 0 Å². The van der Waals surface area contributed by atoms with Crippen molar-refractivity contribution in [2.24, 2.45) is 0 Å². The number of carbonyl (C=O) groups excluding carboxylic acids is 1. The predicted octanol–water partition coefficient (Wildman–Crippen LogP) is 2.97. The van der Waals surface area contributed by atoms with Gasteiger partial charge in [-0.25, -0.2) is 17.9 Å². The molecule has 1 atom stereocenters. The van der Waals surface area contributed by atoms with Crippen LogP contribution >= 0.6 is 0 Å². The number of likely N-dealkylation sites (tertiary alicyclic amines) is 1. The molecule has 0 saturated carbocycles. The molecular formula is C16H17F3N4O. The summed E-state index contributed by atoms with van der Waals surface area (Å²) in [5.74, 6) is -0.924. The van der Waals surface area contributed by atoms with Crippen LogP contribution in [0.5, 0.6) is 0 Å². The van der Waals surface area contributed by atoms with E-state index < -0.39 is 18.4 Å². The number of halogens is 3. The Labute approximate surface area is 137 Å². The van der Waals surface area contributed by atoms with Crippen molar-refractivity contribution in [1.29, 1.82) is 0 Å². The molecule has 1 aromatic heterocycles. The SMILES string of the molecule is Cc1cc(F)ccc1-n1cc(C(=O)N2CCCCC2C(F)F)nn1. The van der Waals surface area contributed by atoms with E-state index >= 15 is 0 Å². The summed E-state index contributed by atoms with van der Waals surface area (Å²) in [5, 5.41) is 7.68. The number of carbonyl (C=O) groups is 1. The summed E-state index contributed by atoms with van der Waals surface area (Å²) < 4.78 is 40.8. The molecule has 1 aliphatic rings. The third-order valence-electron chi connectivity index (χ3n) is 4.22. The molecule has 2 aromatic rings. The number of amides is 1. The highest BCUT2D eigenvalue weighted by molar-refractivity contribution is 5.92. The lowest BCUT2D eigenvalue weighted by atomic mass is 10.0. The van der Waals surface area contributed by atoms with Gasteiger partial charge in [0.15, 0.2) is 5.69 Å². The van der Waals surface area contributed by atoms with E-state index in [0.29, 0.717) is 24.1 Å². The number of nitrogens with zero attached hydrogens (tertiary/aromatic N) is 4. The van der Waals surface area contributed by atoms with E-state index in [1.807, 2.05) is 0 Å². The monoisotopic (exact) mass is 338 g/mol. The Kier molecular flexibility index (Phi) is 4.55. The molecule has 0 aliphatic carbocycles. The predicted molar refractivity (Wildman–Crippen MR) is 80.7 cm³/mol. The van der Waals surface area contributed by atoms with Crippen LogP contribution in [-0.4, -0.2) is 44.8 Å². The number of alkyl halides is 2. The number of aromatic nitrogens is 3. The van der Waals surface area contributed by atoms with E-state index in [1.165, 1.54) is 34.0 Å². The van der Waals surface area contributed by atoms with Crippen molar-refractivity contribution in [3.63, 3.8) is 0 Å². The first-order chi connectivity index (χ1) is 11.5. The highest BCUT2D eigenvalue weighted by atomic mass is 19.3. The van der Waals surface area contributed by atoms with Gasteiger partial charge in [-0.3, -0.25) is 4.79 Å². The minimum Gasteiger partial charge on any atom is -0.328 e. The normalized spacial score (nSPS) is 18.2. The zero-order chi connectivity index (χ0) is 17.3. The van der Waals surface area contributed by atoms with Gasteiger partial charge in [0.05, 0.1) is 17.9 Å². The highest BCUT2D eigenvalue weighted by Crippen LogP contribution is 2.24. The van der Waals surface area contributed by atoms with E-state index in [-0.39, 0.29) is 24.5 Å². The number of rotatable bonds is 3. The third kappa shape index (κ3) is 3.13. The molecule has 128 valence electrons. The molecule has 0 spiro atoms. The molecule has 5 nitrogen and oxygen atoms in total. The fraction of sp³-hybridized carbons (Fsp3) is 0.438. The van der Waals surface area contributed by atoms with E-state index in [2.05, 4.69) is 10.3 Å². The largest absolute Gasteiger partial charge is 0.328 e. The Hall–Kier alpha value is -2.38. The molecule has 0 bridgehead atoms. The van der Waals surface area contributed by atoms with Gasteiger partial charge in [-0.15, -0.1) is 5.10 Å². The Morgan fingerprint density at radius 3 is 2.83 bits per heavy atom. The minimum absolute atomic E-state index is 0.00581. The van der Waals surface area contributed by atoms with Crippen LogP contribution < -0.4 is 0 Å². The average molecular weight is 338 g/mol. The first-order valence-corrected chi connectivity index (χ1v) is 7.75. The number of hydrogen-bond acceptors (Lipinski definition) is 3. The standard InChI is InChI=1S/C16H17F3N4O/c1-10-8-11(17)5-6-13(10)23-9-12(20-21-23)16(24)22-7-3-2-4-14(22)15(18)19/h5-6,8-9,14-15H,2-4,7H2,1H3. The van der Waals surface area contributed by atoms with E-state index in [0.717, 1.165) is 0 Å². The van der Waals surface area contributed by atoms with Crippen LogP contribution in [0, 0.1) is 12.7 Å². The van der Waals surface area contributed by atoms with Crippen LogP contribution in [0.1, 0.15) is 35.3 Å². The van der Waals surface area contributed by atoms with Crippen LogP contribution in [0.4, 0.5) is 13.2 Å². The van der Waals surface area contributed by atoms with Gasteiger partial charge < -0.3 is 4.90 Å². The molecular weight excluding hydrogens is 321 g/mol. The zero-order valence-electron chi connectivity index (χ0n) is 13.1. The number of hydrogen-bond donors (Lipinski definition) is 0. The molecule has 1 fully saturated rings. The number of piperidine rings is 1. The summed E-state index contributed by atoms with van der Waals surface area (Å²) in [6.07, 6.45) is 0.470. The molecule has 1 saturated heterocycles. The number of aryl methyl sites for hydroxylation is 1. The minimum atomic E-state index is -2.58. The van der Waals surface area contributed by atoms with Gasteiger partial charge in [0, 0.05) is 6.54 Å². The molecule has 3 rings (SSSR count). The Morgan fingerprint density at radius 2 is 2.12 bits per heavy atom. The lowest BCUT2D eigenvalue weighted by Crippen LogP contribution is -2.47. The maximum absolute atomic E-state index is 13.2.